The zero-order valence-electron chi connectivity index (χ0n) is 12.4. The van der Waals surface area contributed by atoms with Crippen molar-refractivity contribution in [3.8, 4) is 11.5 Å². The van der Waals surface area contributed by atoms with Crippen LogP contribution in [0.2, 0.25) is 0 Å². The highest BCUT2D eigenvalue weighted by molar-refractivity contribution is 9.10. The van der Waals surface area contributed by atoms with E-state index in [1.807, 2.05) is 0 Å². The molecule has 0 bridgehead atoms. The smallest absolute Gasteiger partial charge is 0.175 e. The predicted molar refractivity (Wildman–Crippen MR) is 85.0 cm³/mol. The molecule has 2 unspecified atom stereocenters. The molecule has 3 rings (SSSR count). The molecule has 1 saturated heterocycles. The Morgan fingerprint density at radius 1 is 1.24 bits per heavy atom. The molecule has 2 heterocycles. The third-order valence-corrected chi connectivity index (χ3v) is 4.53. The maximum atomic E-state index is 5.78. The molecule has 116 valence electrons. The van der Waals surface area contributed by atoms with Crippen molar-refractivity contribution in [3.05, 3.63) is 22.2 Å². The van der Waals surface area contributed by atoms with E-state index < -0.39 is 0 Å². The van der Waals surface area contributed by atoms with Gasteiger partial charge in [0.25, 0.3) is 0 Å². The molecule has 0 aliphatic carbocycles. The highest BCUT2D eigenvalue weighted by atomic mass is 79.9. The fourth-order valence-corrected chi connectivity index (χ4v) is 3.44. The van der Waals surface area contributed by atoms with Crippen molar-refractivity contribution in [1.29, 1.82) is 0 Å². The van der Waals surface area contributed by atoms with Crippen LogP contribution < -0.4 is 14.8 Å². The van der Waals surface area contributed by atoms with Crippen molar-refractivity contribution in [3.63, 3.8) is 0 Å². The predicted octanol–water partition coefficient (Wildman–Crippen LogP) is 3.27. The van der Waals surface area contributed by atoms with Crippen molar-refractivity contribution in [2.45, 2.75) is 44.9 Å². The van der Waals surface area contributed by atoms with Gasteiger partial charge in [0.2, 0.25) is 0 Å². The second-order valence-electron chi connectivity index (χ2n) is 5.74. The zero-order valence-corrected chi connectivity index (χ0v) is 13.9. The minimum absolute atomic E-state index is 0.353. The van der Waals surface area contributed by atoms with Crippen LogP contribution in [0.25, 0.3) is 0 Å². The van der Waals surface area contributed by atoms with Gasteiger partial charge < -0.3 is 19.5 Å². The van der Waals surface area contributed by atoms with Gasteiger partial charge >= 0.3 is 0 Å². The number of hydrogen-bond acceptors (Lipinski definition) is 4. The molecular formula is C16H22BrNO3. The summed E-state index contributed by atoms with van der Waals surface area (Å²) in [4.78, 5) is 0. The molecule has 1 fully saturated rings. The molecule has 1 aromatic carbocycles. The fraction of sp³-hybridized carbons (Fsp3) is 0.625. The minimum atomic E-state index is 0.353. The van der Waals surface area contributed by atoms with E-state index in [1.54, 1.807) is 0 Å². The zero-order chi connectivity index (χ0) is 14.7. The van der Waals surface area contributed by atoms with Crippen LogP contribution in [-0.2, 0) is 11.3 Å². The Kier molecular flexibility index (Phi) is 5.03. The summed E-state index contributed by atoms with van der Waals surface area (Å²) >= 11 is 3.59. The topological polar surface area (TPSA) is 39.7 Å². The molecule has 2 aliphatic rings. The lowest BCUT2D eigenvalue weighted by Crippen LogP contribution is -2.37. The molecule has 0 radical (unpaired) electrons. The van der Waals surface area contributed by atoms with Gasteiger partial charge in [-0.05, 0) is 53.4 Å². The van der Waals surface area contributed by atoms with Crippen molar-refractivity contribution in [2.75, 3.05) is 19.8 Å². The molecule has 0 aromatic heterocycles. The van der Waals surface area contributed by atoms with Crippen LogP contribution in [0, 0.1) is 0 Å². The molecule has 0 saturated carbocycles. The number of benzene rings is 1. The lowest BCUT2D eigenvalue weighted by molar-refractivity contribution is 0.0130. The molecule has 4 nitrogen and oxygen atoms in total. The molecule has 2 aliphatic heterocycles. The van der Waals surface area contributed by atoms with E-state index in [1.165, 1.54) is 5.56 Å². The van der Waals surface area contributed by atoms with Gasteiger partial charge in [-0.25, -0.2) is 0 Å². The molecular weight excluding hydrogens is 334 g/mol. The number of fused-ring (bicyclic) bond motifs is 1. The highest BCUT2D eigenvalue weighted by Gasteiger charge is 2.20. The standard InChI is InChI=1S/C16H22BrNO3/c1-11-7-13(3-6-19-11)18-10-12-8-14(17)16-15(9-12)20-4-2-5-21-16/h8-9,11,13,18H,2-7,10H2,1H3. The van der Waals surface area contributed by atoms with Gasteiger partial charge in [0, 0.05) is 25.6 Å². The summed E-state index contributed by atoms with van der Waals surface area (Å²) in [7, 11) is 0. The third-order valence-electron chi connectivity index (χ3n) is 3.94. The Labute approximate surface area is 134 Å². The normalized spacial score (nSPS) is 25.4. The van der Waals surface area contributed by atoms with Gasteiger partial charge in [0.1, 0.15) is 0 Å². The number of ether oxygens (including phenoxy) is 3. The molecule has 5 heteroatoms. The van der Waals surface area contributed by atoms with E-state index in [2.05, 4.69) is 40.3 Å². The van der Waals surface area contributed by atoms with Crippen molar-refractivity contribution in [2.24, 2.45) is 0 Å². The Bertz CT molecular complexity index is 495. The first-order valence-corrected chi connectivity index (χ1v) is 8.44. The van der Waals surface area contributed by atoms with Crippen LogP contribution in [-0.4, -0.2) is 32.0 Å². The van der Waals surface area contributed by atoms with Gasteiger partial charge in [0.05, 0.1) is 23.8 Å². The first kappa shape index (κ1) is 15.1. The second kappa shape index (κ2) is 6.99. The Balaban J connectivity index is 1.65. The van der Waals surface area contributed by atoms with Crippen LogP contribution in [0.1, 0.15) is 31.7 Å². The minimum Gasteiger partial charge on any atom is -0.490 e. The van der Waals surface area contributed by atoms with E-state index in [4.69, 9.17) is 14.2 Å². The Morgan fingerprint density at radius 2 is 2.10 bits per heavy atom. The second-order valence-corrected chi connectivity index (χ2v) is 6.59. The average Bonchev–Trinajstić information content (AvgIpc) is 2.71. The first-order valence-electron chi connectivity index (χ1n) is 7.65. The summed E-state index contributed by atoms with van der Waals surface area (Å²) in [5.74, 6) is 1.68. The van der Waals surface area contributed by atoms with E-state index in [0.717, 1.165) is 48.4 Å². The molecule has 21 heavy (non-hydrogen) atoms. The number of hydrogen-bond donors (Lipinski definition) is 1. The fourth-order valence-electron chi connectivity index (χ4n) is 2.83. The van der Waals surface area contributed by atoms with Crippen LogP contribution in [0.4, 0.5) is 0 Å². The van der Waals surface area contributed by atoms with Crippen molar-refractivity contribution in [1.82, 2.24) is 5.32 Å². The maximum Gasteiger partial charge on any atom is 0.175 e. The number of nitrogens with one attached hydrogen (secondary N) is 1. The summed E-state index contributed by atoms with van der Waals surface area (Å²) in [6.07, 6.45) is 3.43. The molecule has 0 amide bonds. The highest BCUT2D eigenvalue weighted by Crippen LogP contribution is 2.38. The van der Waals surface area contributed by atoms with Crippen LogP contribution >= 0.6 is 15.9 Å². The Morgan fingerprint density at radius 3 is 2.95 bits per heavy atom. The summed E-state index contributed by atoms with van der Waals surface area (Å²) in [5, 5.41) is 3.62. The molecule has 1 N–H and O–H groups in total. The monoisotopic (exact) mass is 355 g/mol. The van der Waals surface area contributed by atoms with E-state index in [-0.39, 0.29) is 0 Å². The van der Waals surface area contributed by atoms with Gasteiger partial charge in [-0.15, -0.1) is 0 Å². The number of rotatable bonds is 3. The number of halogens is 1. The van der Waals surface area contributed by atoms with E-state index >= 15 is 0 Å². The molecule has 0 spiro atoms. The summed E-state index contributed by atoms with van der Waals surface area (Å²) in [6.45, 7) is 5.26. The molecule has 2 atom stereocenters. The summed E-state index contributed by atoms with van der Waals surface area (Å²) < 4.78 is 18.1. The lowest BCUT2D eigenvalue weighted by Gasteiger charge is -2.28. The maximum absolute atomic E-state index is 5.78. The van der Waals surface area contributed by atoms with E-state index in [0.29, 0.717) is 25.4 Å². The molecule has 1 aromatic rings. The van der Waals surface area contributed by atoms with Crippen LogP contribution in [0.5, 0.6) is 11.5 Å². The van der Waals surface area contributed by atoms with Crippen molar-refractivity contribution < 1.29 is 14.2 Å². The van der Waals surface area contributed by atoms with Crippen LogP contribution in [0.3, 0.4) is 0 Å². The first-order chi connectivity index (χ1) is 10.2. The van der Waals surface area contributed by atoms with Gasteiger partial charge in [-0.3, -0.25) is 0 Å². The average molecular weight is 356 g/mol. The quantitative estimate of drug-likeness (QED) is 0.903. The summed E-state index contributed by atoms with van der Waals surface area (Å²) in [5.41, 5.74) is 1.21. The SMILES string of the molecule is CC1CC(NCc2cc(Br)c3c(c2)OCCCO3)CCO1. The van der Waals surface area contributed by atoms with E-state index in [9.17, 15) is 0 Å². The Hall–Kier alpha value is -0.780. The third kappa shape index (κ3) is 3.90. The van der Waals surface area contributed by atoms with Crippen LogP contribution in [0.15, 0.2) is 16.6 Å². The van der Waals surface area contributed by atoms with Gasteiger partial charge in [-0.2, -0.15) is 0 Å². The summed E-state index contributed by atoms with van der Waals surface area (Å²) in [6, 6.07) is 4.73. The van der Waals surface area contributed by atoms with Gasteiger partial charge in [-0.1, -0.05) is 0 Å². The van der Waals surface area contributed by atoms with Crippen molar-refractivity contribution >= 4 is 15.9 Å². The lowest BCUT2D eigenvalue weighted by atomic mass is 10.0. The van der Waals surface area contributed by atoms with Gasteiger partial charge in [0.15, 0.2) is 11.5 Å². The largest absolute Gasteiger partial charge is 0.490 e.